The summed E-state index contributed by atoms with van der Waals surface area (Å²) >= 11 is 6.33. The first-order chi connectivity index (χ1) is 14.9. The van der Waals surface area contributed by atoms with Crippen LogP contribution < -0.4 is 9.47 Å². The van der Waals surface area contributed by atoms with Crippen LogP contribution >= 0.6 is 22.9 Å². The normalized spacial score (nSPS) is 8.58. The average Bonchev–Trinajstić information content (AvgIpc) is 3.22. The van der Waals surface area contributed by atoms with E-state index >= 15 is 0 Å². The van der Waals surface area contributed by atoms with E-state index in [1.54, 1.807) is 42.7 Å². The predicted octanol–water partition coefficient (Wildman–Crippen LogP) is 7.11. The molecule has 0 aliphatic heterocycles. The quantitative estimate of drug-likeness (QED) is 0.380. The van der Waals surface area contributed by atoms with Gasteiger partial charge in [0.2, 0.25) is 0 Å². The third kappa shape index (κ3) is 10.9. The number of carbonyl (C=O) groups excluding carboxylic acids is 1. The first kappa shape index (κ1) is 30.7. The van der Waals surface area contributed by atoms with Crippen molar-refractivity contribution in [2.24, 2.45) is 0 Å². The molecule has 8 heteroatoms. The van der Waals surface area contributed by atoms with Gasteiger partial charge in [-0.25, -0.2) is 13.8 Å². The van der Waals surface area contributed by atoms with E-state index in [1.165, 1.54) is 13.5 Å². The van der Waals surface area contributed by atoms with Gasteiger partial charge in [-0.1, -0.05) is 26.0 Å². The Morgan fingerprint density at radius 1 is 0.935 bits per heavy atom. The van der Waals surface area contributed by atoms with Gasteiger partial charge in [0, 0.05) is 29.1 Å². The fraction of sp³-hybridized carbons (Fsp3) is 0.304. The number of hydrogen-bond donors (Lipinski definition) is 0. The lowest BCUT2D eigenvalue weighted by Gasteiger charge is -2.10. The smallest absolute Gasteiger partial charge is 0.162 e. The van der Waals surface area contributed by atoms with E-state index < -0.39 is 11.6 Å². The van der Waals surface area contributed by atoms with Gasteiger partial charge in [0.1, 0.15) is 18.3 Å². The Hall–Kier alpha value is -2.51. The summed E-state index contributed by atoms with van der Waals surface area (Å²) in [5, 5.41) is 3.20. The SMILES string of the molecule is C=O.CC.CCl.COc1ccc(-c2cc(F)c(F)cc2OC)cc1.Cc1csc(C)n1. The molecule has 0 saturated carbocycles. The summed E-state index contributed by atoms with van der Waals surface area (Å²) in [6, 6.07) is 9.17. The zero-order valence-electron chi connectivity index (χ0n) is 19.0. The zero-order valence-corrected chi connectivity index (χ0v) is 20.5. The minimum absolute atomic E-state index is 0.291. The lowest BCUT2D eigenvalue weighted by molar-refractivity contribution is -0.0979. The van der Waals surface area contributed by atoms with Crippen molar-refractivity contribution in [3.05, 3.63) is 64.1 Å². The molecule has 0 aliphatic carbocycles. The van der Waals surface area contributed by atoms with Crippen LogP contribution in [0.2, 0.25) is 0 Å². The second-order valence-corrected chi connectivity index (χ2v) is 6.27. The highest BCUT2D eigenvalue weighted by atomic mass is 35.5. The van der Waals surface area contributed by atoms with Crippen molar-refractivity contribution in [2.75, 3.05) is 20.6 Å². The molecule has 1 heterocycles. The Balaban J connectivity index is 0. The molecule has 0 atom stereocenters. The van der Waals surface area contributed by atoms with Gasteiger partial charge in [-0.3, -0.25) is 0 Å². The highest BCUT2D eigenvalue weighted by Gasteiger charge is 2.12. The van der Waals surface area contributed by atoms with Crippen molar-refractivity contribution >= 4 is 29.7 Å². The molecule has 31 heavy (non-hydrogen) atoms. The predicted molar refractivity (Wildman–Crippen MR) is 127 cm³/mol. The first-order valence-electron chi connectivity index (χ1n) is 9.17. The molecule has 3 rings (SSSR count). The molecule has 0 bridgehead atoms. The average molecular weight is 474 g/mol. The van der Waals surface area contributed by atoms with Crippen LogP contribution in [0.15, 0.2) is 41.8 Å². The molecule has 1 aromatic heterocycles. The molecule has 2 aromatic carbocycles. The molecule has 0 radical (unpaired) electrons. The van der Waals surface area contributed by atoms with Crippen LogP contribution in [0.4, 0.5) is 8.78 Å². The van der Waals surface area contributed by atoms with Gasteiger partial charge in [0.15, 0.2) is 11.6 Å². The van der Waals surface area contributed by atoms with Crippen molar-refractivity contribution in [3.63, 3.8) is 0 Å². The highest BCUT2D eigenvalue weighted by Crippen LogP contribution is 2.32. The van der Waals surface area contributed by atoms with E-state index in [4.69, 9.17) is 14.3 Å². The third-order valence-electron chi connectivity index (χ3n) is 3.38. The van der Waals surface area contributed by atoms with Crippen molar-refractivity contribution in [3.8, 4) is 22.6 Å². The van der Waals surface area contributed by atoms with Crippen LogP contribution in [0.3, 0.4) is 0 Å². The van der Waals surface area contributed by atoms with Gasteiger partial charge in [-0.15, -0.1) is 22.9 Å². The minimum atomic E-state index is -0.927. The summed E-state index contributed by atoms with van der Waals surface area (Å²) in [5.74, 6) is -0.843. The number of carbonyl (C=O) groups is 1. The molecular formula is C23H30ClF2NO3S. The fourth-order valence-corrected chi connectivity index (χ4v) is 2.76. The van der Waals surface area contributed by atoms with Gasteiger partial charge in [-0.05, 0) is 37.6 Å². The Labute approximate surface area is 192 Å². The molecule has 3 aromatic rings. The number of halogens is 3. The number of hydrogen-bond acceptors (Lipinski definition) is 5. The molecule has 4 nitrogen and oxygen atoms in total. The van der Waals surface area contributed by atoms with Crippen molar-refractivity contribution in [2.45, 2.75) is 27.7 Å². The lowest BCUT2D eigenvalue weighted by Crippen LogP contribution is -1.93. The van der Waals surface area contributed by atoms with E-state index in [1.807, 2.05) is 34.5 Å². The summed E-state index contributed by atoms with van der Waals surface area (Å²) in [6.07, 6.45) is 1.47. The van der Waals surface area contributed by atoms with Crippen LogP contribution in [-0.2, 0) is 4.79 Å². The molecular weight excluding hydrogens is 444 g/mol. The van der Waals surface area contributed by atoms with E-state index in [2.05, 4.69) is 22.0 Å². The first-order valence-corrected chi connectivity index (χ1v) is 10.8. The second kappa shape index (κ2) is 18.3. The number of aromatic nitrogens is 1. The largest absolute Gasteiger partial charge is 0.497 e. The number of nitrogens with zero attached hydrogens (tertiary/aromatic N) is 1. The Kier molecular flexibility index (Phi) is 18.1. The number of alkyl halides is 1. The van der Waals surface area contributed by atoms with E-state index in [9.17, 15) is 8.78 Å². The monoisotopic (exact) mass is 473 g/mol. The van der Waals surface area contributed by atoms with Crippen molar-refractivity contribution in [1.82, 2.24) is 4.98 Å². The van der Waals surface area contributed by atoms with Gasteiger partial charge in [0.05, 0.1) is 19.2 Å². The summed E-state index contributed by atoms with van der Waals surface area (Å²) in [7, 11) is 2.98. The van der Waals surface area contributed by atoms with Crippen LogP contribution in [0.5, 0.6) is 11.5 Å². The number of thiazole rings is 1. The summed E-state index contributed by atoms with van der Waals surface area (Å²) in [4.78, 5) is 12.1. The Morgan fingerprint density at radius 2 is 1.45 bits per heavy atom. The van der Waals surface area contributed by atoms with Crippen LogP contribution in [0.25, 0.3) is 11.1 Å². The standard InChI is InChI=1S/C14H12F2O2.C5H7NS.C2H6.CH3Cl.CH2O/c1-17-10-5-3-9(4-6-10)11-7-12(15)13(16)8-14(11)18-2;1-4-3-7-5(2)6-4;3*1-2/h3-8H,1-2H3;3H,1-2H3;1-2H3;1H3;1H2. The van der Waals surface area contributed by atoms with Crippen LogP contribution in [0, 0.1) is 25.5 Å². The topological polar surface area (TPSA) is 48.4 Å². The Bertz CT molecular complexity index is 842. The van der Waals surface area contributed by atoms with Crippen molar-refractivity contribution in [1.29, 1.82) is 0 Å². The maximum absolute atomic E-state index is 13.3. The molecule has 0 saturated heterocycles. The molecule has 0 amide bonds. The van der Waals surface area contributed by atoms with Crippen molar-refractivity contribution < 1.29 is 23.0 Å². The fourth-order valence-electron chi connectivity index (χ4n) is 2.17. The number of benzene rings is 2. The maximum Gasteiger partial charge on any atom is 0.162 e. The lowest BCUT2D eigenvalue weighted by atomic mass is 10.0. The van der Waals surface area contributed by atoms with Gasteiger partial charge >= 0.3 is 0 Å². The second-order valence-electron chi connectivity index (χ2n) is 5.20. The summed E-state index contributed by atoms with van der Waals surface area (Å²) < 4.78 is 36.5. The molecule has 172 valence electrons. The zero-order chi connectivity index (χ0) is 24.4. The summed E-state index contributed by atoms with van der Waals surface area (Å²) in [6.45, 7) is 10.0. The molecule has 0 spiro atoms. The minimum Gasteiger partial charge on any atom is -0.497 e. The van der Waals surface area contributed by atoms with Gasteiger partial charge in [0.25, 0.3) is 0 Å². The highest BCUT2D eigenvalue weighted by molar-refractivity contribution is 7.09. The molecule has 0 fully saturated rings. The van der Waals surface area contributed by atoms with Crippen LogP contribution in [-0.4, -0.2) is 32.4 Å². The molecule has 0 N–H and O–H groups in total. The maximum atomic E-state index is 13.3. The van der Waals surface area contributed by atoms with Gasteiger partial charge < -0.3 is 14.3 Å². The number of aryl methyl sites for hydroxylation is 2. The number of rotatable bonds is 3. The number of methoxy groups -OCH3 is 2. The van der Waals surface area contributed by atoms with Crippen LogP contribution in [0.1, 0.15) is 24.5 Å². The van der Waals surface area contributed by atoms with E-state index in [0.29, 0.717) is 17.1 Å². The summed E-state index contributed by atoms with van der Waals surface area (Å²) in [5.41, 5.74) is 2.35. The van der Waals surface area contributed by atoms with E-state index in [0.717, 1.165) is 28.4 Å². The van der Waals surface area contributed by atoms with E-state index in [-0.39, 0.29) is 0 Å². The van der Waals surface area contributed by atoms with Gasteiger partial charge in [-0.2, -0.15) is 0 Å². The third-order valence-corrected chi connectivity index (χ3v) is 4.27. The molecule has 0 aliphatic rings. The number of ether oxygens (including phenoxy) is 2. The Morgan fingerprint density at radius 3 is 1.81 bits per heavy atom. The molecule has 0 unspecified atom stereocenters.